The van der Waals surface area contributed by atoms with Crippen LogP contribution in [-0.2, 0) is 23.8 Å². The topological polar surface area (TPSA) is 175 Å². The molecule has 0 aromatic carbocycles. The number of hydrogen-bond acceptors (Lipinski definition) is 10. The molecule has 0 saturated carbocycles. The summed E-state index contributed by atoms with van der Waals surface area (Å²) in [6.45, 7) is 4.25. The predicted octanol–water partition coefficient (Wildman–Crippen LogP) is 13.7. The van der Waals surface area contributed by atoms with E-state index in [1.165, 1.54) is 161 Å². The van der Waals surface area contributed by atoms with Gasteiger partial charge in [0.1, 0.15) is 24.4 Å². The van der Waals surface area contributed by atoms with Gasteiger partial charge in [-0.1, -0.05) is 210 Å². The first-order valence-electron chi connectivity index (χ1n) is 29.9. The van der Waals surface area contributed by atoms with Crippen LogP contribution in [0.4, 0.5) is 0 Å². The Morgan fingerprint density at radius 1 is 0.500 bits per heavy atom. The molecule has 0 spiro atoms. The molecule has 1 heterocycles. The third kappa shape index (κ3) is 40.0. The molecule has 1 aliphatic heterocycles. The molecule has 72 heavy (non-hydrogen) atoms. The molecule has 7 unspecified atom stereocenters. The van der Waals surface area contributed by atoms with Crippen LogP contribution in [0.25, 0.3) is 0 Å². The van der Waals surface area contributed by atoms with E-state index in [0.717, 1.165) is 77.0 Å². The van der Waals surface area contributed by atoms with E-state index < -0.39 is 49.5 Å². The lowest BCUT2D eigenvalue weighted by Gasteiger charge is -2.40. The second kappa shape index (κ2) is 50.8. The van der Waals surface area contributed by atoms with Crippen LogP contribution in [0.5, 0.6) is 0 Å². The van der Waals surface area contributed by atoms with Crippen LogP contribution in [0.15, 0.2) is 48.6 Å². The zero-order valence-electron chi connectivity index (χ0n) is 46.1. The molecule has 420 valence electrons. The molecule has 7 atom stereocenters. The van der Waals surface area contributed by atoms with Gasteiger partial charge in [0.15, 0.2) is 6.29 Å². The van der Waals surface area contributed by atoms with Gasteiger partial charge >= 0.3 is 5.97 Å². The van der Waals surface area contributed by atoms with Gasteiger partial charge in [-0.15, -0.1) is 0 Å². The van der Waals surface area contributed by atoms with Crippen molar-refractivity contribution in [2.45, 2.75) is 307 Å². The van der Waals surface area contributed by atoms with Crippen LogP contribution in [0.3, 0.4) is 0 Å². The number of unbranched alkanes of at least 4 members (excludes halogenated alkanes) is 31. The predicted molar refractivity (Wildman–Crippen MR) is 297 cm³/mol. The molecule has 1 amide bonds. The van der Waals surface area contributed by atoms with E-state index in [2.05, 4.69) is 55.6 Å². The summed E-state index contributed by atoms with van der Waals surface area (Å²) in [5.41, 5.74) is 0. The van der Waals surface area contributed by atoms with Crippen molar-refractivity contribution < 1.29 is 49.3 Å². The van der Waals surface area contributed by atoms with Crippen molar-refractivity contribution in [2.75, 3.05) is 19.8 Å². The number of aliphatic hydroxyl groups excluding tert-OH is 5. The molecule has 0 bridgehead atoms. The molecule has 0 aliphatic carbocycles. The minimum absolute atomic E-state index is 0.0147. The van der Waals surface area contributed by atoms with Gasteiger partial charge in [0.05, 0.1) is 32.0 Å². The number of hydrogen-bond donors (Lipinski definition) is 6. The molecular formula is C61H111NO10. The minimum Gasteiger partial charge on any atom is -0.466 e. The highest BCUT2D eigenvalue weighted by Crippen LogP contribution is 2.23. The highest BCUT2D eigenvalue weighted by atomic mass is 16.7. The number of carbonyl (C=O) groups excluding carboxylic acids is 2. The molecule has 11 heteroatoms. The summed E-state index contributed by atoms with van der Waals surface area (Å²) in [5.74, 6) is -0.215. The molecule has 0 aromatic rings. The zero-order chi connectivity index (χ0) is 52.4. The molecule has 0 radical (unpaired) electrons. The van der Waals surface area contributed by atoms with Crippen molar-refractivity contribution in [1.82, 2.24) is 5.32 Å². The third-order valence-corrected chi connectivity index (χ3v) is 13.9. The monoisotopic (exact) mass is 1020 g/mol. The Kier molecular flexibility index (Phi) is 47.7. The number of carbonyl (C=O) groups is 2. The Morgan fingerprint density at radius 3 is 1.42 bits per heavy atom. The number of esters is 1. The van der Waals surface area contributed by atoms with Crippen LogP contribution in [0.2, 0.25) is 0 Å². The lowest BCUT2D eigenvalue weighted by atomic mass is 9.99. The maximum absolute atomic E-state index is 13.0. The molecular weight excluding hydrogens is 907 g/mol. The number of nitrogens with one attached hydrogen (secondary N) is 1. The number of ether oxygens (including phenoxy) is 3. The van der Waals surface area contributed by atoms with Crippen molar-refractivity contribution in [1.29, 1.82) is 0 Å². The van der Waals surface area contributed by atoms with Crippen molar-refractivity contribution in [3.8, 4) is 0 Å². The Morgan fingerprint density at radius 2 is 0.917 bits per heavy atom. The summed E-state index contributed by atoms with van der Waals surface area (Å²) in [4.78, 5) is 25.0. The molecule has 1 rings (SSSR count). The maximum Gasteiger partial charge on any atom is 0.305 e. The van der Waals surface area contributed by atoms with Crippen molar-refractivity contribution >= 4 is 11.9 Å². The average molecular weight is 1020 g/mol. The van der Waals surface area contributed by atoms with Crippen molar-refractivity contribution in [3.05, 3.63) is 48.6 Å². The van der Waals surface area contributed by atoms with Crippen LogP contribution in [0, 0.1) is 0 Å². The molecule has 1 fully saturated rings. The highest BCUT2D eigenvalue weighted by Gasteiger charge is 2.44. The molecule has 6 N–H and O–H groups in total. The molecule has 0 aromatic heterocycles. The van der Waals surface area contributed by atoms with E-state index in [9.17, 15) is 35.1 Å². The summed E-state index contributed by atoms with van der Waals surface area (Å²) in [7, 11) is 0. The van der Waals surface area contributed by atoms with Crippen LogP contribution < -0.4 is 5.32 Å². The van der Waals surface area contributed by atoms with Crippen LogP contribution in [0.1, 0.15) is 264 Å². The minimum atomic E-state index is -1.58. The van der Waals surface area contributed by atoms with Crippen molar-refractivity contribution in [2.24, 2.45) is 0 Å². The van der Waals surface area contributed by atoms with E-state index in [0.29, 0.717) is 19.4 Å². The fraction of sp³-hybridized carbons (Fsp3) is 0.836. The van der Waals surface area contributed by atoms with Gasteiger partial charge in [0, 0.05) is 12.8 Å². The number of aliphatic hydroxyl groups is 5. The maximum atomic E-state index is 13.0. The summed E-state index contributed by atoms with van der Waals surface area (Å²) >= 11 is 0. The van der Waals surface area contributed by atoms with E-state index >= 15 is 0 Å². The fourth-order valence-electron chi connectivity index (χ4n) is 9.07. The molecule has 11 nitrogen and oxygen atoms in total. The Balaban J connectivity index is 2.07. The summed E-state index contributed by atoms with van der Waals surface area (Å²) in [6, 6.07) is -0.832. The van der Waals surface area contributed by atoms with Crippen LogP contribution >= 0.6 is 0 Å². The smallest absolute Gasteiger partial charge is 0.305 e. The highest BCUT2D eigenvalue weighted by molar-refractivity contribution is 5.76. The zero-order valence-corrected chi connectivity index (χ0v) is 46.1. The van der Waals surface area contributed by atoms with E-state index in [1.54, 1.807) is 6.08 Å². The molecule has 1 saturated heterocycles. The standard InChI is InChI=1S/C61H111NO10/c1-3-5-7-9-11-13-27-31-35-39-43-47-54(64)53(52-71-61-60(69)59(68)58(67)55(51-63)72-61)62-56(65)48-44-40-36-32-29-25-23-21-19-17-15-16-18-20-22-24-26-30-34-38-42-46-50-70-57(66)49-45-41-37-33-28-14-12-10-8-6-4-2/h10,12,17,19,27,31,43,47,53-55,58-61,63-64,67-69H,3-9,11,13-16,18,20-26,28-30,32-42,44-46,48-52H2,1-2H3,(H,62,65)/b12-10-,19-17-,31-27+,47-43+. The lowest BCUT2D eigenvalue weighted by molar-refractivity contribution is -0.302. The Bertz CT molecular complexity index is 1340. The van der Waals surface area contributed by atoms with Gasteiger partial charge in [-0.25, -0.2) is 0 Å². The number of rotatable bonds is 51. The molecule has 1 aliphatic rings. The largest absolute Gasteiger partial charge is 0.466 e. The normalized spacial score (nSPS) is 19.3. The third-order valence-electron chi connectivity index (χ3n) is 13.9. The summed E-state index contributed by atoms with van der Waals surface area (Å²) in [5, 5.41) is 54.2. The first-order valence-corrected chi connectivity index (χ1v) is 29.9. The van der Waals surface area contributed by atoms with Gasteiger partial charge < -0.3 is 45.1 Å². The number of amides is 1. The first-order chi connectivity index (χ1) is 35.2. The van der Waals surface area contributed by atoms with Gasteiger partial charge in [-0.05, 0) is 89.9 Å². The van der Waals surface area contributed by atoms with Crippen LogP contribution in [-0.4, -0.2) is 100 Å². The van der Waals surface area contributed by atoms with E-state index in [4.69, 9.17) is 14.2 Å². The van der Waals surface area contributed by atoms with E-state index in [-0.39, 0.29) is 18.5 Å². The Labute approximate surface area is 440 Å². The van der Waals surface area contributed by atoms with E-state index in [1.807, 2.05) is 6.08 Å². The van der Waals surface area contributed by atoms with Crippen molar-refractivity contribution in [3.63, 3.8) is 0 Å². The fourth-order valence-corrected chi connectivity index (χ4v) is 9.07. The Hall–Kier alpha value is -2.38. The number of allylic oxidation sites excluding steroid dienone is 7. The second-order valence-corrected chi connectivity index (χ2v) is 20.7. The summed E-state index contributed by atoms with van der Waals surface area (Å²) in [6.07, 6.45) is 53.6. The van der Waals surface area contributed by atoms with Gasteiger partial charge in [0.2, 0.25) is 5.91 Å². The van der Waals surface area contributed by atoms with Gasteiger partial charge in [-0.3, -0.25) is 9.59 Å². The van der Waals surface area contributed by atoms with Gasteiger partial charge in [-0.2, -0.15) is 0 Å². The SMILES string of the molecule is CCCC/C=C\CCCCCCCC(=O)OCCCCCCCCCCCCC/C=C\CCCCCCCCCC(=O)NC(COC1OC(CO)C(O)C(O)C1O)C(O)/C=C/CC/C=C/CCCCCCC. The average Bonchev–Trinajstić information content (AvgIpc) is 3.38. The first kappa shape index (κ1) is 67.6. The second-order valence-electron chi connectivity index (χ2n) is 20.7. The quantitative estimate of drug-likeness (QED) is 0.0195. The summed E-state index contributed by atoms with van der Waals surface area (Å²) < 4.78 is 16.7. The lowest BCUT2D eigenvalue weighted by Crippen LogP contribution is -2.60. The van der Waals surface area contributed by atoms with Gasteiger partial charge in [0.25, 0.3) is 0 Å².